The van der Waals surface area contributed by atoms with Crippen LogP contribution in [-0.4, -0.2) is 61.1 Å². The minimum atomic E-state index is -4.56. The largest absolute Gasteiger partial charge is 0.433 e. The monoisotopic (exact) mass is 497 g/mol. The fraction of sp³-hybridized carbons (Fsp3) is 0.440. The predicted molar refractivity (Wildman–Crippen MR) is 126 cm³/mol. The van der Waals surface area contributed by atoms with Crippen LogP contribution in [0.15, 0.2) is 36.7 Å². The van der Waals surface area contributed by atoms with E-state index in [1.165, 1.54) is 0 Å². The highest BCUT2D eigenvalue weighted by atomic mass is 19.4. The molecule has 4 aromatic rings. The van der Waals surface area contributed by atoms with Crippen LogP contribution < -0.4 is 0 Å². The highest BCUT2D eigenvalue weighted by Crippen LogP contribution is 2.40. The van der Waals surface area contributed by atoms with Crippen LogP contribution in [0.3, 0.4) is 0 Å². The van der Waals surface area contributed by atoms with Gasteiger partial charge in [-0.05, 0) is 31.0 Å². The first-order valence-corrected chi connectivity index (χ1v) is 12.0. The standard InChI is InChI=1S/C25H26F3N7O/c1-15(35-7-4-8-35)21-23-18(10-19(30-21)25(26,27)28)22(32-33-23)16-5-3-6-17(9-16)24(12-36-13-24)11-20-31-29-14-34(20)2/h3,5-6,9-10,14-15H,4,7-8,11-13H2,1-2H3,(H,32,33)/t15-/m1/s1. The smallest absolute Gasteiger partial charge is 0.379 e. The van der Waals surface area contributed by atoms with Gasteiger partial charge < -0.3 is 9.30 Å². The van der Waals surface area contributed by atoms with Crippen LogP contribution in [0.2, 0.25) is 0 Å². The van der Waals surface area contributed by atoms with Crippen molar-refractivity contribution >= 4 is 10.9 Å². The maximum Gasteiger partial charge on any atom is 0.433 e. The summed E-state index contributed by atoms with van der Waals surface area (Å²) in [7, 11) is 1.90. The third-order valence-electron chi connectivity index (χ3n) is 7.51. The van der Waals surface area contributed by atoms with Crippen molar-refractivity contribution < 1.29 is 17.9 Å². The number of hydrogen-bond acceptors (Lipinski definition) is 6. The first-order valence-electron chi connectivity index (χ1n) is 12.0. The lowest BCUT2D eigenvalue weighted by Crippen LogP contribution is -2.49. The van der Waals surface area contributed by atoms with Crippen LogP contribution in [0.25, 0.3) is 22.2 Å². The van der Waals surface area contributed by atoms with E-state index < -0.39 is 11.9 Å². The number of benzene rings is 1. The van der Waals surface area contributed by atoms with Crippen molar-refractivity contribution in [3.63, 3.8) is 0 Å². The van der Waals surface area contributed by atoms with Gasteiger partial charge in [-0.1, -0.05) is 18.2 Å². The molecule has 1 atom stereocenters. The van der Waals surface area contributed by atoms with E-state index in [9.17, 15) is 13.2 Å². The summed E-state index contributed by atoms with van der Waals surface area (Å²) in [6.07, 6.45) is -1.21. The topological polar surface area (TPSA) is 84.7 Å². The minimum absolute atomic E-state index is 0.245. The fourth-order valence-electron chi connectivity index (χ4n) is 5.10. The Morgan fingerprint density at radius 2 is 2.00 bits per heavy atom. The van der Waals surface area contributed by atoms with Gasteiger partial charge in [0.2, 0.25) is 0 Å². The molecule has 0 saturated carbocycles. The van der Waals surface area contributed by atoms with Crippen LogP contribution in [0.5, 0.6) is 0 Å². The van der Waals surface area contributed by atoms with Crippen molar-refractivity contribution in [1.29, 1.82) is 0 Å². The molecule has 5 heterocycles. The molecule has 2 saturated heterocycles. The molecule has 2 fully saturated rings. The van der Waals surface area contributed by atoms with E-state index >= 15 is 0 Å². The molecule has 0 aliphatic carbocycles. The number of hydrogen-bond donors (Lipinski definition) is 1. The number of pyridine rings is 1. The summed E-state index contributed by atoms with van der Waals surface area (Å²) in [4.78, 5) is 6.16. The quantitative estimate of drug-likeness (QED) is 0.433. The Hall–Kier alpha value is -3.31. The van der Waals surface area contributed by atoms with E-state index in [2.05, 4.69) is 30.3 Å². The maximum atomic E-state index is 13.8. The van der Waals surface area contributed by atoms with Gasteiger partial charge in [0, 0.05) is 42.9 Å². The average molecular weight is 498 g/mol. The molecule has 1 aromatic carbocycles. The third-order valence-corrected chi connectivity index (χ3v) is 7.51. The van der Waals surface area contributed by atoms with Crippen LogP contribution >= 0.6 is 0 Å². The molecule has 2 aliphatic heterocycles. The molecule has 11 heteroatoms. The zero-order chi connectivity index (χ0) is 25.1. The van der Waals surface area contributed by atoms with E-state index in [-0.39, 0.29) is 11.5 Å². The van der Waals surface area contributed by atoms with Gasteiger partial charge in [-0.15, -0.1) is 10.2 Å². The molecule has 8 nitrogen and oxygen atoms in total. The number of nitrogens with one attached hydrogen (secondary N) is 1. The molecular formula is C25H26F3N7O. The molecule has 0 bridgehead atoms. The number of fused-ring (bicyclic) bond motifs is 1. The third kappa shape index (κ3) is 3.77. The minimum Gasteiger partial charge on any atom is -0.379 e. The van der Waals surface area contributed by atoms with Gasteiger partial charge in [0.1, 0.15) is 23.5 Å². The predicted octanol–water partition coefficient (Wildman–Crippen LogP) is 4.05. The number of likely N-dealkylation sites (tertiary alicyclic amines) is 1. The zero-order valence-corrected chi connectivity index (χ0v) is 20.0. The van der Waals surface area contributed by atoms with Gasteiger partial charge in [0.05, 0.1) is 30.5 Å². The Bertz CT molecular complexity index is 1420. The van der Waals surface area contributed by atoms with Crippen molar-refractivity contribution in [2.24, 2.45) is 7.05 Å². The van der Waals surface area contributed by atoms with Crippen LogP contribution in [0, 0.1) is 0 Å². The van der Waals surface area contributed by atoms with E-state index in [1.807, 2.05) is 42.8 Å². The molecule has 1 N–H and O–H groups in total. The van der Waals surface area contributed by atoms with Crippen LogP contribution in [-0.2, 0) is 29.8 Å². The number of nitrogens with zero attached hydrogens (tertiary/aromatic N) is 6. The second kappa shape index (κ2) is 8.38. The zero-order valence-electron chi connectivity index (χ0n) is 20.0. The number of halogens is 3. The molecule has 0 amide bonds. The van der Waals surface area contributed by atoms with Gasteiger partial charge in [-0.3, -0.25) is 10.00 Å². The Morgan fingerprint density at radius 1 is 1.19 bits per heavy atom. The molecule has 0 spiro atoms. The number of ether oxygens (including phenoxy) is 1. The van der Waals surface area contributed by atoms with Gasteiger partial charge >= 0.3 is 6.18 Å². The van der Waals surface area contributed by atoms with Gasteiger partial charge in [0.25, 0.3) is 0 Å². The second-order valence-electron chi connectivity index (χ2n) is 9.84. The Kier molecular flexibility index (Phi) is 5.38. The molecule has 2 aliphatic rings. The lowest BCUT2D eigenvalue weighted by atomic mass is 9.75. The number of aromatic nitrogens is 6. The summed E-state index contributed by atoms with van der Waals surface area (Å²) in [5.41, 5.74) is 1.99. The normalized spacial score (nSPS) is 18.7. The van der Waals surface area contributed by atoms with Crippen LogP contribution in [0.4, 0.5) is 13.2 Å². The van der Waals surface area contributed by atoms with Gasteiger partial charge in [-0.2, -0.15) is 18.3 Å². The summed E-state index contributed by atoms with van der Waals surface area (Å²) in [6.45, 7) is 4.65. The Labute approximate surface area is 205 Å². The number of H-pyrrole nitrogens is 1. The lowest BCUT2D eigenvalue weighted by molar-refractivity contribution is -0.141. The Morgan fingerprint density at radius 3 is 2.61 bits per heavy atom. The summed E-state index contributed by atoms with van der Waals surface area (Å²) >= 11 is 0. The first kappa shape index (κ1) is 23.1. The highest BCUT2D eigenvalue weighted by Gasteiger charge is 2.42. The molecule has 3 aromatic heterocycles. The van der Waals surface area contributed by atoms with E-state index in [0.29, 0.717) is 41.9 Å². The Balaban J connectivity index is 1.44. The molecule has 0 radical (unpaired) electrons. The molecule has 188 valence electrons. The summed E-state index contributed by atoms with van der Waals surface area (Å²) in [6, 6.07) is 8.68. The second-order valence-corrected chi connectivity index (χ2v) is 9.84. The van der Waals surface area contributed by atoms with Gasteiger partial charge in [-0.25, -0.2) is 4.98 Å². The number of aromatic amines is 1. The summed E-state index contributed by atoms with van der Waals surface area (Å²) in [5, 5.41) is 16.1. The van der Waals surface area contributed by atoms with E-state index in [4.69, 9.17) is 4.74 Å². The van der Waals surface area contributed by atoms with Gasteiger partial charge in [0.15, 0.2) is 0 Å². The lowest BCUT2D eigenvalue weighted by Gasteiger charge is -2.41. The number of rotatable bonds is 6. The van der Waals surface area contributed by atoms with Crippen molar-refractivity contribution in [3.8, 4) is 11.3 Å². The van der Waals surface area contributed by atoms with E-state index in [0.717, 1.165) is 42.5 Å². The number of aryl methyl sites for hydroxylation is 1. The molecule has 36 heavy (non-hydrogen) atoms. The summed E-state index contributed by atoms with van der Waals surface area (Å²) in [5.74, 6) is 0.847. The van der Waals surface area contributed by atoms with Crippen molar-refractivity contribution in [2.75, 3.05) is 26.3 Å². The van der Waals surface area contributed by atoms with Crippen LogP contribution in [0.1, 0.15) is 42.2 Å². The van der Waals surface area contributed by atoms with Crippen molar-refractivity contribution in [2.45, 2.75) is 37.4 Å². The van der Waals surface area contributed by atoms with Crippen molar-refractivity contribution in [1.82, 2.24) is 34.8 Å². The van der Waals surface area contributed by atoms with Crippen molar-refractivity contribution in [3.05, 3.63) is 59.4 Å². The highest BCUT2D eigenvalue weighted by molar-refractivity contribution is 5.94. The van der Waals surface area contributed by atoms with E-state index in [1.54, 1.807) is 6.33 Å². The fourth-order valence-corrected chi connectivity index (χ4v) is 5.10. The summed E-state index contributed by atoms with van der Waals surface area (Å²) < 4.78 is 49.0. The maximum absolute atomic E-state index is 13.8. The number of alkyl halides is 3. The SMILES string of the molecule is C[C@H](c1nc(C(F)(F)F)cc2c(-c3cccc(C4(Cc5nncn5C)COC4)c3)n[nH]c12)N1CCC1. The molecule has 6 rings (SSSR count). The average Bonchev–Trinajstić information content (AvgIpc) is 3.39. The molecular weight excluding hydrogens is 471 g/mol. The molecule has 0 unspecified atom stereocenters. The first-order chi connectivity index (χ1) is 17.2.